The summed E-state index contributed by atoms with van der Waals surface area (Å²) in [5.41, 5.74) is 0.951. The number of aliphatic hydroxyl groups excluding tert-OH is 1. The number of rotatable bonds is 16. The highest BCUT2D eigenvalue weighted by Crippen LogP contribution is 2.25. The molecular weight excluding hydrogens is 430 g/mol. The lowest BCUT2D eigenvalue weighted by Gasteiger charge is -2.40. The number of amides is 1. The van der Waals surface area contributed by atoms with Crippen molar-refractivity contribution in [2.75, 3.05) is 13.2 Å². The number of carbonyl (C=O) groups excluding carboxylic acids is 1. The van der Waals surface area contributed by atoms with Crippen molar-refractivity contribution < 1.29 is 24.1 Å². The molecule has 2 N–H and O–H groups in total. The third kappa shape index (κ3) is 12.5. The average molecular weight is 476 g/mol. The van der Waals surface area contributed by atoms with Gasteiger partial charge >= 0.3 is 6.09 Å². The number of hydrogen-bond donors (Lipinski definition) is 2. The van der Waals surface area contributed by atoms with Crippen LogP contribution in [0.2, 0.25) is 0 Å². The van der Waals surface area contributed by atoms with E-state index < -0.39 is 11.9 Å². The first-order chi connectivity index (χ1) is 16.5. The van der Waals surface area contributed by atoms with Crippen molar-refractivity contribution in [1.82, 2.24) is 5.32 Å². The molecule has 2 rings (SSSR count). The summed E-state index contributed by atoms with van der Waals surface area (Å²) in [6.07, 6.45) is 16.6. The Morgan fingerprint density at radius 3 is 2.35 bits per heavy atom. The summed E-state index contributed by atoms with van der Waals surface area (Å²) < 4.78 is 17.2. The van der Waals surface area contributed by atoms with Crippen molar-refractivity contribution in [3.05, 3.63) is 48.0 Å². The van der Waals surface area contributed by atoms with Gasteiger partial charge in [0.1, 0.15) is 6.61 Å². The molecule has 192 valence electrons. The molecule has 1 saturated heterocycles. The minimum atomic E-state index is -0.664. The second kappa shape index (κ2) is 16.7. The molecule has 0 aromatic heterocycles. The van der Waals surface area contributed by atoms with Crippen molar-refractivity contribution in [3.8, 4) is 0 Å². The van der Waals surface area contributed by atoms with Crippen LogP contribution in [0.15, 0.2) is 42.5 Å². The summed E-state index contributed by atoms with van der Waals surface area (Å²) in [6.45, 7) is 4.76. The molecule has 2 unspecified atom stereocenters. The minimum Gasteiger partial charge on any atom is -0.445 e. The van der Waals surface area contributed by atoms with E-state index in [2.05, 4.69) is 17.5 Å². The summed E-state index contributed by atoms with van der Waals surface area (Å²) in [6, 6.07) is 9.38. The Kier molecular flexibility index (Phi) is 13.9. The zero-order valence-corrected chi connectivity index (χ0v) is 21.2. The van der Waals surface area contributed by atoms with Crippen molar-refractivity contribution in [2.24, 2.45) is 0 Å². The van der Waals surface area contributed by atoms with E-state index in [4.69, 9.17) is 19.3 Å². The second-order valence-corrected chi connectivity index (χ2v) is 9.58. The Hall–Kier alpha value is -1.89. The van der Waals surface area contributed by atoms with Crippen LogP contribution in [-0.2, 0) is 20.8 Å². The van der Waals surface area contributed by atoms with Crippen LogP contribution < -0.4 is 5.32 Å². The number of allylic oxidation sites excluding steroid dienone is 1. The summed E-state index contributed by atoms with van der Waals surface area (Å²) in [5.74, 6) is -0.664. The number of aliphatic hydroxyl groups is 1. The molecule has 1 aromatic carbocycles. The molecule has 0 radical (unpaired) electrons. The molecule has 34 heavy (non-hydrogen) atoms. The van der Waals surface area contributed by atoms with E-state index >= 15 is 0 Å². The Labute approximate surface area is 206 Å². The van der Waals surface area contributed by atoms with Gasteiger partial charge in [-0.3, -0.25) is 0 Å². The monoisotopic (exact) mass is 475 g/mol. The van der Waals surface area contributed by atoms with Crippen LogP contribution in [0.3, 0.4) is 0 Å². The van der Waals surface area contributed by atoms with Crippen LogP contribution in [0.25, 0.3) is 0 Å². The fourth-order valence-corrected chi connectivity index (χ4v) is 4.10. The maximum atomic E-state index is 12.3. The van der Waals surface area contributed by atoms with Gasteiger partial charge in [-0.15, -0.1) is 0 Å². The number of carbonyl (C=O) groups is 1. The van der Waals surface area contributed by atoms with Gasteiger partial charge in [0.25, 0.3) is 0 Å². The summed E-state index contributed by atoms with van der Waals surface area (Å²) in [5, 5.41) is 11.7. The fraction of sp³-hybridized carbons (Fsp3) is 0.679. The normalized spacial score (nSPS) is 19.9. The quantitative estimate of drug-likeness (QED) is 0.218. The number of nitrogens with one attached hydrogen (secondary N) is 1. The van der Waals surface area contributed by atoms with E-state index in [1.165, 1.54) is 44.9 Å². The molecule has 1 aliphatic heterocycles. The van der Waals surface area contributed by atoms with E-state index in [0.29, 0.717) is 13.2 Å². The van der Waals surface area contributed by atoms with Gasteiger partial charge in [0.05, 0.1) is 18.8 Å². The molecule has 1 fully saturated rings. The largest absolute Gasteiger partial charge is 0.445 e. The predicted octanol–water partition coefficient (Wildman–Crippen LogP) is 6.27. The molecule has 1 amide bonds. The van der Waals surface area contributed by atoms with Gasteiger partial charge in [-0.2, -0.15) is 0 Å². The molecule has 0 spiro atoms. The van der Waals surface area contributed by atoms with Crippen LogP contribution in [-0.4, -0.2) is 42.3 Å². The molecular formula is C28H45NO5. The Bertz CT molecular complexity index is 691. The van der Waals surface area contributed by atoms with Gasteiger partial charge in [0, 0.05) is 6.61 Å². The number of hydrogen-bond acceptors (Lipinski definition) is 5. The fourth-order valence-electron chi connectivity index (χ4n) is 4.10. The smallest absolute Gasteiger partial charge is 0.407 e. The number of ether oxygens (including phenoxy) is 3. The second-order valence-electron chi connectivity index (χ2n) is 9.58. The third-order valence-corrected chi connectivity index (χ3v) is 6.07. The number of benzene rings is 1. The first kappa shape index (κ1) is 28.3. The molecule has 2 atom stereocenters. The highest BCUT2D eigenvalue weighted by Gasteiger charge is 2.36. The topological polar surface area (TPSA) is 77.0 Å². The Morgan fingerprint density at radius 2 is 1.68 bits per heavy atom. The number of unbranched alkanes of at least 4 members (excludes halogenated alkanes) is 9. The zero-order chi connectivity index (χ0) is 24.5. The van der Waals surface area contributed by atoms with Gasteiger partial charge < -0.3 is 24.6 Å². The van der Waals surface area contributed by atoms with Crippen LogP contribution in [0.4, 0.5) is 4.79 Å². The molecule has 1 heterocycles. The van der Waals surface area contributed by atoms with Crippen molar-refractivity contribution in [2.45, 2.75) is 109 Å². The van der Waals surface area contributed by atoms with Gasteiger partial charge in [0.2, 0.25) is 0 Å². The molecule has 0 aliphatic carbocycles. The van der Waals surface area contributed by atoms with E-state index in [9.17, 15) is 4.79 Å². The standard InChI is InChI=1S/C28H45NO5/c1-28(2)33-23-25(29-27(31)32-22-24-18-14-13-15-19-24)26(34-28)20-16-11-9-7-5-3-4-6-8-10-12-17-21-30/h11,13-16,18-19,25-26,30H,3-10,12,17,20-23H2,1-2H3,(H,29,31)/b16-11+. The molecule has 1 aromatic rings. The van der Waals surface area contributed by atoms with Gasteiger partial charge in [-0.1, -0.05) is 87.4 Å². The van der Waals surface area contributed by atoms with Crippen LogP contribution in [0.1, 0.15) is 90.0 Å². The van der Waals surface area contributed by atoms with E-state index in [1.807, 2.05) is 44.2 Å². The average Bonchev–Trinajstić information content (AvgIpc) is 2.83. The third-order valence-electron chi connectivity index (χ3n) is 6.07. The van der Waals surface area contributed by atoms with Crippen LogP contribution in [0.5, 0.6) is 0 Å². The predicted molar refractivity (Wildman–Crippen MR) is 135 cm³/mol. The summed E-state index contributed by atoms with van der Waals surface area (Å²) in [4.78, 5) is 12.3. The molecule has 1 aliphatic rings. The molecule has 6 nitrogen and oxygen atoms in total. The lowest BCUT2D eigenvalue weighted by molar-refractivity contribution is -0.280. The number of alkyl carbamates (subject to hydrolysis) is 1. The van der Waals surface area contributed by atoms with Crippen LogP contribution in [0, 0.1) is 0 Å². The van der Waals surface area contributed by atoms with Crippen LogP contribution >= 0.6 is 0 Å². The first-order valence-corrected chi connectivity index (χ1v) is 13.0. The van der Waals surface area contributed by atoms with E-state index in [-0.39, 0.29) is 18.8 Å². The maximum Gasteiger partial charge on any atom is 0.407 e. The SMILES string of the molecule is CC1(C)OCC(NC(=O)OCc2ccccc2)C(C/C=C/CCCCCCCCCCCO)O1. The lowest BCUT2D eigenvalue weighted by Crippen LogP contribution is -2.55. The molecule has 0 saturated carbocycles. The Morgan fingerprint density at radius 1 is 1.03 bits per heavy atom. The maximum absolute atomic E-state index is 12.3. The van der Waals surface area contributed by atoms with E-state index in [0.717, 1.165) is 31.2 Å². The first-order valence-electron chi connectivity index (χ1n) is 13.0. The summed E-state index contributed by atoms with van der Waals surface area (Å²) >= 11 is 0. The highest BCUT2D eigenvalue weighted by atomic mass is 16.7. The molecule has 6 heteroatoms. The molecule has 0 bridgehead atoms. The van der Waals surface area contributed by atoms with Gasteiger partial charge in [0.15, 0.2) is 5.79 Å². The highest BCUT2D eigenvalue weighted by molar-refractivity contribution is 5.67. The van der Waals surface area contributed by atoms with Crippen molar-refractivity contribution in [1.29, 1.82) is 0 Å². The van der Waals surface area contributed by atoms with E-state index in [1.54, 1.807) is 0 Å². The lowest BCUT2D eigenvalue weighted by atomic mass is 10.0. The van der Waals surface area contributed by atoms with Gasteiger partial charge in [-0.25, -0.2) is 4.79 Å². The Balaban J connectivity index is 1.62. The van der Waals surface area contributed by atoms with Crippen molar-refractivity contribution in [3.63, 3.8) is 0 Å². The van der Waals surface area contributed by atoms with Gasteiger partial charge in [-0.05, 0) is 45.1 Å². The van der Waals surface area contributed by atoms with Crippen molar-refractivity contribution >= 4 is 6.09 Å². The zero-order valence-electron chi connectivity index (χ0n) is 21.2. The summed E-state index contributed by atoms with van der Waals surface area (Å²) in [7, 11) is 0. The minimum absolute atomic E-state index is 0.157.